The van der Waals surface area contributed by atoms with Crippen LogP contribution in [-0.4, -0.2) is 30.4 Å². The van der Waals surface area contributed by atoms with Crippen molar-refractivity contribution in [2.45, 2.75) is 25.8 Å². The minimum Gasteiger partial charge on any atom is -0.351 e. The Hall–Kier alpha value is -2.89. The number of aromatic nitrogens is 5. The van der Waals surface area contributed by atoms with Crippen LogP contribution in [0.4, 0.5) is 5.95 Å². The number of aromatic amines is 1. The zero-order chi connectivity index (χ0) is 16.1. The molecule has 1 fully saturated rings. The van der Waals surface area contributed by atoms with Gasteiger partial charge in [-0.25, -0.2) is 9.97 Å². The summed E-state index contributed by atoms with van der Waals surface area (Å²) in [6.07, 6.45) is 12.3. The van der Waals surface area contributed by atoms with E-state index in [1.54, 1.807) is 6.20 Å². The van der Waals surface area contributed by atoms with Crippen molar-refractivity contribution in [2.24, 2.45) is 5.92 Å². The normalized spacial score (nSPS) is 15.9. The molecule has 6 nitrogen and oxygen atoms in total. The highest BCUT2D eigenvalue weighted by atomic mass is 15.1. The first-order valence-corrected chi connectivity index (χ1v) is 8.32. The van der Waals surface area contributed by atoms with Crippen LogP contribution in [0.3, 0.4) is 0 Å². The Labute approximate surface area is 139 Å². The second kappa shape index (κ2) is 5.06. The summed E-state index contributed by atoms with van der Waals surface area (Å²) in [6.45, 7) is 2.20. The molecule has 24 heavy (non-hydrogen) atoms. The van der Waals surface area contributed by atoms with Gasteiger partial charge in [0.25, 0.3) is 0 Å². The number of anilines is 1. The molecular weight excluding hydrogens is 300 g/mol. The Kier molecular flexibility index (Phi) is 2.85. The Bertz CT molecular complexity index is 1030. The van der Waals surface area contributed by atoms with E-state index in [4.69, 9.17) is 0 Å². The molecule has 0 aliphatic heterocycles. The smallest absolute Gasteiger partial charge is 0.224 e. The van der Waals surface area contributed by atoms with Gasteiger partial charge in [-0.2, -0.15) is 4.98 Å². The third-order valence-corrected chi connectivity index (χ3v) is 4.82. The highest BCUT2D eigenvalue weighted by molar-refractivity contribution is 5.93. The topological polar surface area (TPSA) is 70.9 Å². The zero-order valence-corrected chi connectivity index (χ0v) is 13.4. The number of nitrogens with zero attached hydrogens (tertiary/aromatic N) is 4. The molecule has 1 aliphatic rings. The van der Waals surface area contributed by atoms with Gasteiger partial charge in [-0.1, -0.05) is 0 Å². The highest BCUT2D eigenvalue weighted by Crippen LogP contribution is 2.34. The van der Waals surface area contributed by atoms with Crippen molar-refractivity contribution in [3.63, 3.8) is 0 Å². The van der Waals surface area contributed by atoms with Gasteiger partial charge in [0.05, 0.1) is 0 Å². The van der Waals surface area contributed by atoms with Gasteiger partial charge in [-0.3, -0.25) is 0 Å². The SMILES string of the molecule is C[C@@H](Nc1ncc2c(-c3ccc4nccn4c3)c[nH]c2n1)C1CC1. The van der Waals surface area contributed by atoms with Crippen LogP contribution in [0.15, 0.2) is 43.1 Å². The summed E-state index contributed by atoms with van der Waals surface area (Å²) in [5, 5.41) is 4.44. The summed E-state index contributed by atoms with van der Waals surface area (Å²) in [4.78, 5) is 16.7. The molecule has 0 saturated heterocycles. The second-order valence-corrected chi connectivity index (χ2v) is 6.54. The fourth-order valence-corrected chi connectivity index (χ4v) is 3.21. The van der Waals surface area contributed by atoms with Crippen molar-refractivity contribution < 1.29 is 0 Å². The highest BCUT2D eigenvalue weighted by Gasteiger charge is 2.28. The lowest BCUT2D eigenvalue weighted by Gasteiger charge is -2.12. The zero-order valence-electron chi connectivity index (χ0n) is 13.4. The molecule has 1 atom stereocenters. The van der Waals surface area contributed by atoms with E-state index in [1.165, 1.54) is 12.8 Å². The van der Waals surface area contributed by atoms with Crippen LogP contribution < -0.4 is 5.32 Å². The third kappa shape index (κ3) is 2.22. The first-order chi connectivity index (χ1) is 11.8. The third-order valence-electron chi connectivity index (χ3n) is 4.82. The number of nitrogens with one attached hydrogen (secondary N) is 2. The van der Waals surface area contributed by atoms with Crippen LogP contribution in [-0.2, 0) is 0 Å². The lowest BCUT2D eigenvalue weighted by atomic mass is 10.1. The molecule has 120 valence electrons. The van der Waals surface area contributed by atoms with Gasteiger partial charge in [0.1, 0.15) is 11.3 Å². The van der Waals surface area contributed by atoms with Crippen LogP contribution in [0.25, 0.3) is 27.8 Å². The molecule has 0 spiro atoms. The number of imidazole rings is 1. The molecule has 4 aromatic heterocycles. The van der Waals surface area contributed by atoms with E-state index < -0.39 is 0 Å². The van der Waals surface area contributed by atoms with E-state index in [0.29, 0.717) is 12.0 Å². The van der Waals surface area contributed by atoms with Crippen LogP contribution in [0.2, 0.25) is 0 Å². The van der Waals surface area contributed by atoms with Gasteiger partial charge < -0.3 is 14.7 Å². The minimum atomic E-state index is 0.431. The van der Waals surface area contributed by atoms with Gasteiger partial charge in [0.15, 0.2) is 0 Å². The molecule has 2 N–H and O–H groups in total. The van der Waals surface area contributed by atoms with Gasteiger partial charge in [0, 0.05) is 53.5 Å². The number of rotatable bonds is 4. The number of fused-ring (bicyclic) bond motifs is 2. The van der Waals surface area contributed by atoms with E-state index in [-0.39, 0.29) is 0 Å². The van der Waals surface area contributed by atoms with E-state index in [9.17, 15) is 0 Å². The standard InChI is InChI=1S/C18H18N6/c1-11(12-2-3-12)22-18-21-9-15-14(8-20-17(15)23-18)13-4-5-16-19-6-7-24(16)10-13/h4-12H,2-3H2,1H3,(H2,20,21,22,23)/t11-/m1/s1. The predicted molar refractivity (Wildman–Crippen MR) is 93.9 cm³/mol. The number of H-pyrrole nitrogens is 1. The quantitative estimate of drug-likeness (QED) is 0.604. The van der Waals surface area contributed by atoms with Crippen molar-refractivity contribution in [3.05, 3.63) is 43.1 Å². The van der Waals surface area contributed by atoms with Crippen LogP contribution in [0, 0.1) is 5.92 Å². The van der Waals surface area contributed by atoms with Gasteiger partial charge in [-0.05, 0) is 37.8 Å². The Morgan fingerprint density at radius 1 is 1.29 bits per heavy atom. The van der Waals surface area contributed by atoms with Gasteiger partial charge in [-0.15, -0.1) is 0 Å². The molecule has 1 aliphatic carbocycles. The van der Waals surface area contributed by atoms with E-state index in [0.717, 1.165) is 33.7 Å². The van der Waals surface area contributed by atoms with E-state index in [2.05, 4.69) is 44.4 Å². The number of pyridine rings is 1. The van der Waals surface area contributed by atoms with Crippen molar-refractivity contribution in [3.8, 4) is 11.1 Å². The fourth-order valence-electron chi connectivity index (χ4n) is 3.21. The molecular formula is C18H18N6. The van der Waals surface area contributed by atoms with Crippen molar-refractivity contribution >= 4 is 22.6 Å². The van der Waals surface area contributed by atoms with Gasteiger partial charge in [0.2, 0.25) is 5.95 Å². The number of hydrogen-bond donors (Lipinski definition) is 2. The summed E-state index contributed by atoms with van der Waals surface area (Å²) in [6, 6.07) is 4.52. The summed E-state index contributed by atoms with van der Waals surface area (Å²) in [5.74, 6) is 1.46. The molecule has 0 bridgehead atoms. The molecule has 1 saturated carbocycles. The first kappa shape index (κ1) is 13.5. The van der Waals surface area contributed by atoms with Crippen molar-refractivity contribution in [2.75, 3.05) is 5.32 Å². The lowest BCUT2D eigenvalue weighted by molar-refractivity contribution is 0.687. The summed E-state index contributed by atoms with van der Waals surface area (Å²) in [5.41, 5.74) is 4.01. The molecule has 0 unspecified atom stereocenters. The molecule has 0 amide bonds. The fraction of sp³-hybridized carbons (Fsp3) is 0.278. The summed E-state index contributed by atoms with van der Waals surface area (Å²) < 4.78 is 2.02. The minimum absolute atomic E-state index is 0.431. The second-order valence-electron chi connectivity index (χ2n) is 6.54. The molecule has 4 heterocycles. The lowest BCUT2D eigenvalue weighted by Crippen LogP contribution is -2.18. The van der Waals surface area contributed by atoms with E-state index in [1.807, 2.05) is 29.1 Å². The van der Waals surface area contributed by atoms with E-state index >= 15 is 0 Å². The maximum Gasteiger partial charge on any atom is 0.224 e. The maximum atomic E-state index is 4.63. The van der Waals surface area contributed by atoms with Crippen molar-refractivity contribution in [1.29, 1.82) is 0 Å². The molecule has 4 aromatic rings. The molecule has 0 radical (unpaired) electrons. The van der Waals surface area contributed by atoms with Gasteiger partial charge >= 0.3 is 0 Å². The average Bonchev–Trinajstić information content (AvgIpc) is 3.20. The largest absolute Gasteiger partial charge is 0.351 e. The summed E-state index contributed by atoms with van der Waals surface area (Å²) >= 11 is 0. The Morgan fingerprint density at radius 2 is 2.21 bits per heavy atom. The monoisotopic (exact) mass is 318 g/mol. The number of hydrogen-bond acceptors (Lipinski definition) is 4. The maximum absolute atomic E-state index is 4.63. The molecule has 5 rings (SSSR count). The van der Waals surface area contributed by atoms with Crippen LogP contribution >= 0.6 is 0 Å². The Morgan fingerprint density at radius 3 is 3.08 bits per heavy atom. The van der Waals surface area contributed by atoms with Crippen LogP contribution in [0.5, 0.6) is 0 Å². The summed E-state index contributed by atoms with van der Waals surface area (Å²) in [7, 11) is 0. The first-order valence-electron chi connectivity index (χ1n) is 8.32. The van der Waals surface area contributed by atoms with Crippen molar-refractivity contribution in [1.82, 2.24) is 24.3 Å². The Balaban J connectivity index is 1.52. The van der Waals surface area contributed by atoms with Crippen LogP contribution in [0.1, 0.15) is 19.8 Å². The predicted octanol–water partition coefficient (Wildman–Crippen LogP) is 3.48. The molecule has 0 aromatic carbocycles. The average molecular weight is 318 g/mol. The molecule has 6 heteroatoms.